The van der Waals surface area contributed by atoms with Gasteiger partial charge >= 0.3 is 0 Å². The summed E-state index contributed by atoms with van der Waals surface area (Å²) in [5.74, 6) is 0.796. The van der Waals surface area contributed by atoms with Crippen molar-refractivity contribution in [2.75, 3.05) is 7.11 Å². The summed E-state index contributed by atoms with van der Waals surface area (Å²) in [5.41, 5.74) is 0.986. The van der Waals surface area contributed by atoms with E-state index in [9.17, 15) is 5.11 Å². The van der Waals surface area contributed by atoms with Crippen LogP contribution in [0.15, 0.2) is 38.6 Å². The fourth-order valence-electron chi connectivity index (χ4n) is 1.75. The Morgan fingerprint density at radius 1 is 1.33 bits per heavy atom. The molecule has 1 aromatic heterocycles. The fraction of sp³-hybridized carbons (Fsp3) is 0.231. The third-order valence-electron chi connectivity index (χ3n) is 2.60. The lowest BCUT2D eigenvalue weighted by Crippen LogP contribution is -2.02. The molecular weight excluding hydrogens is 380 g/mol. The molecule has 1 unspecified atom stereocenters. The second-order valence-electron chi connectivity index (χ2n) is 3.81. The van der Waals surface area contributed by atoms with Gasteiger partial charge in [-0.2, -0.15) is 0 Å². The van der Waals surface area contributed by atoms with Crippen LogP contribution in [-0.4, -0.2) is 12.2 Å². The molecule has 0 saturated heterocycles. The van der Waals surface area contributed by atoms with Crippen molar-refractivity contribution >= 4 is 43.2 Å². The standard InChI is InChI=1S/C13H12Br2O2S/c1-17-12-3-2-9(14)6-8(12)7-11(16)13-10(15)4-5-18-13/h2-6,11,16H,7H2,1H3. The Balaban J connectivity index is 2.23. The first kappa shape index (κ1) is 14.1. The summed E-state index contributed by atoms with van der Waals surface area (Å²) < 4.78 is 7.24. The summed E-state index contributed by atoms with van der Waals surface area (Å²) in [6.07, 6.45) is 0.00410. The quantitative estimate of drug-likeness (QED) is 0.827. The van der Waals surface area contributed by atoms with Gasteiger partial charge in [-0.1, -0.05) is 15.9 Å². The van der Waals surface area contributed by atoms with Gasteiger partial charge in [0.25, 0.3) is 0 Å². The van der Waals surface area contributed by atoms with E-state index in [1.165, 1.54) is 0 Å². The van der Waals surface area contributed by atoms with Gasteiger partial charge in [-0.15, -0.1) is 11.3 Å². The van der Waals surface area contributed by atoms with Crippen molar-refractivity contribution in [1.82, 2.24) is 0 Å². The van der Waals surface area contributed by atoms with Crippen molar-refractivity contribution in [2.24, 2.45) is 0 Å². The minimum absolute atomic E-state index is 0.525. The van der Waals surface area contributed by atoms with Crippen LogP contribution in [0.1, 0.15) is 16.5 Å². The van der Waals surface area contributed by atoms with Crippen molar-refractivity contribution < 1.29 is 9.84 Å². The number of methoxy groups -OCH3 is 1. The zero-order valence-corrected chi connectivity index (χ0v) is 13.7. The molecule has 5 heteroatoms. The molecule has 0 radical (unpaired) electrons. The molecule has 1 heterocycles. The molecule has 0 aliphatic heterocycles. The average Bonchev–Trinajstić information content (AvgIpc) is 2.76. The molecule has 1 atom stereocenters. The molecule has 0 aliphatic rings. The summed E-state index contributed by atoms with van der Waals surface area (Å²) in [5, 5.41) is 12.2. The van der Waals surface area contributed by atoms with E-state index in [0.29, 0.717) is 6.42 Å². The first-order valence-corrected chi connectivity index (χ1v) is 7.81. The molecule has 0 fully saturated rings. The predicted octanol–water partition coefficient (Wildman–Crippen LogP) is 4.56. The van der Waals surface area contributed by atoms with Gasteiger partial charge in [0.05, 0.1) is 13.2 Å². The highest BCUT2D eigenvalue weighted by atomic mass is 79.9. The lowest BCUT2D eigenvalue weighted by atomic mass is 10.1. The van der Waals surface area contributed by atoms with Gasteiger partial charge < -0.3 is 9.84 Å². The van der Waals surface area contributed by atoms with Crippen LogP contribution in [0.25, 0.3) is 0 Å². The highest BCUT2D eigenvalue weighted by molar-refractivity contribution is 9.10. The Morgan fingerprint density at radius 2 is 2.11 bits per heavy atom. The summed E-state index contributed by atoms with van der Waals surface area (Å²) in [6.45, 7) is 0. The normalized spacial score (nSPS) is 12.4. The number of ether oxygens (including phenoxy) is 1. The van der Waals surface area contributed by atoms with Crippen molar-refractivity contribution in [3.8, 4) is 5.75 Å². The largest absolute Gasteiger partial charge is 0.496 e. The van der Waals surface area contributed by atoms with Crippen LogP contribution in [0.3, 0.4) is 0 Å². The Labute approximate surface area is 127 Å². The number of thiophene rings is 1. The number of rotatable bonds is 4. The molecule has 0 saturated carbocycles. The number of aliphatic hydroxyl groups is 1. The first-order valence-electron chi connectivity index (χ1n) is 5.35. The molecule has 2 rings (SSSR count). The lowest BCUT2D eigenvalue weighted by molar-refractivity contribution is 0.180. The molecule has 0 aliphatic carbocycles. The Bertz CT molecular complexity index is 540. The van der Waals surface area contributed by atoms with E-state index in [-0.39, 0.29) is 0 Å². The summed E-state index contributed by atoms with van der Waals surface area (Å²) in [6, 6.07) is 7.75. The van der Waals surface area contributed by atoms with Gasteiger partial charge in [-0.3, -0.25) is 0 Å². The second kappa shape index (κ2) is 6.19. The van der Waals surface area contributed by atoms with Gasteiger partial charge in [0.1, 0.15) is 5.75 Å². The van der Waals surface area contributed by atoms with Crippen LogP contribution in [0.4, 0.5) is 0 Å². The predicted molar refractivity (Wildman–Crippen MR) is 81.4 cm³/mol. The zero-order chi connectivity index (χ0) is 13.1. The van der Waals surface area contributed by atoms with E-state index in [2.05, 4.69) is 31.9 Å². The molecule has 96 valence electrons. The zero-order valence-electron chi connectivity index (χ0n) is 9.69. The highest BCUT2D eigenvalue weighted by Crippen LogP contribution is 2.33. The van der Waals surface area contributed by atoms with Gasteiger partial charge in [-0.25, -0.2) is 0 Å². The molecule has 18 heavy (non-hydrogen) atoms. The second-order valence-corrected chi connectivity index (χ2v) is 6.53. The van der Waals surface area contributed by atoms with Gasteiger partial charge in [0.15, 0.2) is 0 Å². The van der Waals surface area contributed by atoms with Crippen LogP contribution < -0.4 is 4.74 Å². The third kappa shape index (κ3) is 3.15. The molecule has 2 aromatic rings. The van der Waals surface area contributed by atoms with E-state index >= 15 is 0 Å². The highest BCUT2D eigenvalue weighted by Gasteiger charge is 2.16. The maximum absolute atomic E-state index is 10.3. The minimum atomic E-state index is -0.525. The number of hydrogen-bond donors (Lipinski definition) is 1. The smallest absolute Gasteiger partial charge is 0.122 e. The Hall–Kier alpha value is -0.360. The number of hydrogen-bond acceptors (Lipinski definition) is 3. The summed E-state index contributed by atoms with van der Waals surface area (Å²) >= 11 is 8.42. The van der Waals surface area contributed by atoms with Crippen molar-refractivity contribution in [3.63, 3.8) is 0 Å². The van der Waals surface area contributed by atoms with Gasteiger partial charge in [0, 0.05) is 20.2 Å². The third-order valence-corrected chi connectivity index (χ3v) is 5.07. The Kier molecular flexibility index (Phi) is 4.84. The van der Waals surface area contributed by atoms with Gasteiger partial charge in [0.2, 0.25) is 0 Å². The molecule has 0 bridgehead atoms. The summed E-state index contributed by atoms with van der Waals surface area (Å²) in [7, 11) is 1.64. The van der Waals surface area contributed by atoms with E-state index in [0.717, 1.165) is 25.1 Å². The SMILES string of the molecule is COc1ccc(Br)cc1CC(O)c1sccc1Br. The van der Waals surface area contributed by atoms with E-state index in [1.807, 2.05) is 29.6 Å². The van der Waals surface area contributed by atoms with E-state index in [1.54, 1.807) is 18.4 Å². The van der Waals surface area contributed by atoms with Crippen LogP contribution >= 0.6 is 43.2 Å². The molecule has 1 aromatic carbocycles. The number of benzene rings is 1. The average molecular weight is 392 g/mol. The maximum Gasteiger partial charge on any atom is 0.122 e. The van der Waals surface area contributed by atoms with Gasteiger partial charge in [-0.05, 0) is 51.1 Å². The summed E-state index contributed by atoms with van der Waals surface area (Å²) in [4.78, 5) is 0.942. The van der Waals surface area contributed by atoms with Crippen LogP contribution in [0.5, 0.6) is 5.75 Å². The van der Waals surface area contributed by atoms with Crippen LogP contribution in [0.2, 0.25) is 0 Å². The first-order chi connectivity index (χ1) is 8.61. The molecule has 0 amide bonds. The lowest BCUT2D eigenvalue weighted by Gasteiger charge is -2.13. The van der Waals surface area contributed by atoms with E-state index in [4.69, 9.17) is 4.74 Å². The van der Waals surface area contributed by atoms with Crippen molar-refractivity contribution in [1.29, 1.82) is 0 Å². The molecule has 0 spiro atoms. The minimum Gasteiger partial charge on any atom is -0.496 e. The van der Waals surface area contributed by atoms with Crippen molar-refractivity contribution in [2.45, 2.75) is 12.5 Å². The topological polar surface area (TPSA) is 29.5 Å². The number of halogens is 2. The number of aliphatic hydroxyl groups excluding tert-OH is 1. The monoisotopic (exact) mass is 390 g/mol. The van der Waals surface area contributed by atoms with Crippen LogP contribution in [0, 0.1) is 0 Å². The molecular formula is C13H12Br2O2S. The maximum atomic E-state index is 10.3. The Morgan fingerprint density at radius 3 is 2.72 bits per heavy atom. The van der Waals surface area contributed by atoms with Crippen molar-refractivity contribution in [3.05, 3.63) is 49.0 Å². The molecule has 2 nitrogen and oxygen atoms in total. The van der Waals surface area contributed by atoms with E-state index < -0.39 is 6.10 Å². The fourth-order valence-corrected chi connectivity index (χ4v) is 3.78. The van der Waals surface area contributed by atoms with Crippen LogP contribution in [-0.2, 0) is 6.42 Å². The molecule has 1 N–H and O–H groups in total.